The Balaban J connectivity index is 1.27. The van der Waals surface area contributed by atoms with Crippen molar-refractivity contribution in [3.63, 3.8) is 0 Å². The summed E-state index contributed by atoms with van der Waals surface area (Å²) < 4.78 is 44.1. The monoisotopic (exact) mass is 533 g/mol. The molecule has 196 valence electrons. The van der Waals surface area contributed by atoms with Crippen molar-refractivity contribution in [3.05, 3.63) is 95.7 Å². The quantitative estimate of drug-likeness (QED) is 0.214. The molecule has 0 saturated carbocycles. The van der Waals surface area contributed by atoms with Gasteiger partial charge in [0.1, 0.15) is 17.9 Å². The Kier molecular flexibility index (Phi) is 7.57. The van der Waals surface area contributed by atoms with Crippen LogP contribution in [0, 0.1) is 0 Å². The summed E-state index contributed by atoms with van der Waals surface area (Å²) in [4.78, 5) is 25.8. The molecule has 38 heavy (non-hydrogen) atoms. The molecule has 1 aliphatic rings. The lowest BCUT2D eigenvalue weighted by Crippen LogP contribution is -2.35. The third-order valence-electron chi connectivity index (χ3n) is 6.47. The van der Waals surface area contributed by atoms with Crippen molar-refractivity contribution in [2.75, 3.05) is 19.7 Å². The van der Waals surface area contributed by atoms with E-state index in [0.717, 1.165) is 19.3 Å². The fourth-order valence-corrected chi connectivity index (χ4v) is 5.94. The molecule has 0 N–H and O–H groups in total. The molecule has 9 heteroatoms. The second-order valence-electron chi connectivity index (χ2n) is 9.00. The highest BCUT2D eigenvalue weighted by Gasteiger charge is 2.27. The average Bonchev–Trinajstić information content (AvgIpc) is 3.34. The SMILES string of the molecule is O=C(COC(=O)c1oc2ccccc2c1COc1ccccc1)c1ccc(S(=O)(=O)N2CCCCC2)cc1. The van der Waals surface area contributed by atoms with Crippen molar-refractivity contribution < 1.29 is 31.9 Å². The lowest BCUT2D eigenvalue weighted by atomic mass is 10.1. The molecule has 1 aromatic heterocycles. The van der Waals surface area contributed by atoms with Crippen LogP contribution in [0.25, 0.3) is 11.0 Å². The fourth-order valence-electron chi connectivity index (χ4n) is 4.43. The van der Waals surface area contributed by atoms with Crippen molar-refractivity contribution in [1.29, 1.82) is 0 Å². The Bertz CT molecular complexity index is 1540. The van der Waals surface area contributed by atoms with E-state index in [9.17, 15) is 18.0 Å². The molecule has 0 atom stereocenters. The van der Waals surface area contributed by atoms with Gasteiger partial charge in [0.25, 0.3) is 0 Å². The highest BCUT2D eigenvalue weighted by atomic mass is 32.2. The predicted octanol–water partition coefficient (Wildman–Crippen LogP) is 5.23. The Morgan fingerprint density at radius 1 is 0.842 bits per heavy atom. The normalized spacial score (nSPS) is 14.3. The number of carbonyl (C=O) groups is 2. The lowest BCUT2D eigenvalue weighted by Gasteiger charge is -2.25. The van der Waals surface area contributed by atoms with Crippen molar-refractivity contribution in [2.24, 2.45) is 0 Å². The van der Waals surface area contributed by atoms with Crippen LogP contribution in [0.15, 0.2) is 88.2 Å². The van der Waals surface area contributed by atoms with E-state index in [2.05, 4.69) is 0 Å². The van der Waals surface area contributed by atoms with Crippen molar-refractivity contribution in [2.45, 2.75) is 30.8 Å². The number of fused-ring (bicyclic) bond motifs is 1. The number of ether oxygens (including phenoxy) is 2. The number of hydrogen-bond acceptors (Lipinski definition) is 7. The molecule has 1 fully saturated rings. The number of sulfonamides is 1. The summed E-state index contributed by atoms with van der Waals surface area (Å²) in [6.45, 7) is 0.553. The number of furan rings is 1. The van der Waals surface area contributed by atoms with Gasteiger partial charge < -0.3 is 13.9 Å². The maximum absolute atomic E-state index is 12.9. The first-order valence-electron chi connectivity index (χ1n) is 12.4. The van der Waals surface area contributed by atoms with Crippen LogP contribution >= 0.6 is 0 Å². The van der Waals surface area contributed by atoms with Gasteiger partial charge in [-0.05, 0) is 55.3 Å². The minimum Gasteiger partial charge on any atom is -0.489 e. The van der Waals surface area contributed by atoms with Gasteiger partial charge in [-0.15, -0.1) is 0 Å². The van der Waals surface area contributed by atoms with Gasteiger partial charge in [-0.2, -0.15) is 4.31 Å². The molecule has 5 rings (SSSR count). The lowest BCUT2D eigenvalue weighted by molar-refractivity contribution is 0.0443. The van der Waals surface area contributed by atoms with E-state index in [1.165, 1.54) is 28.6 Å². The smallest absolute Gasteiger partial charge is 0.375 e. The molecule has 0 radical (unpaired) electrons. The number of nitrogens with zero attached hydrogens (tertiary/aromatic N) is 1. The Morgan fingerprint density at radius 3 is 2.26 bits per heavy atom. The summed E-state index contributed by atoms with van der Waals surface area (Å²) in [6.07, 6.45) is 2.70. The third-order valence-corrected chi connectivity index (χ3v) is 8.39. The van der Waals surface area contributed by atoms with Crippen molar-refractivity contribution >= 4 is 32.7 Å². The van der Waals surface area contributed by atoms with Crippen molar-refractivity contribution in [1.82, 2.24) is 4.31 Å². The number of piperidine rings is 1. The van der Waals surface area contributed by atoms with Crippen LogP contribution in [-0.2, 0) is 21.4 Å². The van der Waals surface area contributed by atoms with Gasteiger partial charge in [-0.25, -0.2) is 13.2 Å². The Labute approximate surface area is 220 Å². The highest BCUT2D eigenvalue weighted by Crippen LogP contribution is 2.28. The number of carbonyl (C=O) groups excluding carboxylic acids is 2. The molecule has 0 aliphatic carbocycles. The fraction of sp³-hybridized carbons (Fsp3) is 0.241. The summed E-state index contributed by atoms with van der Waals surface area (Å²) in [7, 11) is -3.60. The van der Waals surface area contributed by atoms with E-state index in [0.29, 0.717) is 35.4 Å². The molecule has 8 nitrogen and oxygen atoms in total. The molecule has 0 spiro atoms. The van der Waals surface area contributed by atoms with Crippen LogP contribution in [0.5, 0.6) is 5.75 Å². The second-order valence-corrected chi connectivity index (χ2v) is 10.9. The first-order chi connectivity index (χ1) is 18.4. The molecular formula is C29H27NO7S. The number of Topliss-reactive ketones (excluding diaryl/α,β-unsaturated/α-hetero) is 1. The maximum atomic E-state index is 12.9. The molecule has 1 aliphatic heterocycles. The van der Waals surface area contributed by atoms with Gasteiger partial charge in [0, 0.05) is 24.0 Å². The highest BCUT2D eigenvalue weighted by molar-refractivity contribution is 7.89. The molecule has 0 bridgehead atoms. The van der Waals surface area contributed by atoms with E-state index in [-0.39, 0.29) is 22.8 Å². The second kappa shape index (κ2) is 11.2. The summed E-state index contributed by atoms with van der Waals surface area (Å²) in [6, 6.07) is 22.1. The average molecular weight is 534 g/mol. The minimum absolute atomic E-state index is 0.0297. The predicted molar refractivity (Wildman–Crippen MR) is 141 cm³/mol. The first kappa shape index (κ1) is 25.7. The molecular weight excluding hydrogens is 506 g/mol. The summed E-state index contributed by atoms with van der Waals surface area (Å²) in [5.41, 5.74) is 1.27. The largest absolute Gasteiger partial charge is 0.489 e. The van der Waals surface area contributed by atoms with Crippen LogP contribution in [-0.4, -0.2) is 44.2 Å². The number of benzene rings is 3. The van der Waals surface area contributed by atoms with E-state index >= 15 is 0 Å². The minimum atomic E-state index is -3.60. The van der Waals surface area contributed by atoms with Crippen LogP contribution < -0.4 is 4.74 Å². The number of ketones is 1. The number of esters is 1. The Morgan fingerprint density at radius 2 is 1.53 bits per heavy atom. The summed E-state index contributed by atoms with van der Waals surface area (Å²) in [5, 5.41) is 0.715. The number of para-hydroxylation sites is 2. The standard InChI is InChI=1S/C29H27NO7S/c31-26(21-13-15-23(16-14-21)38(33,34)30-17-7-2-8-18-30)20-36-29(32)28-25(19-35-22-9-3-1-4-10-22)24-11-5-6-12-27(24)37-28/h1,3-6,9-16H,2,7-8,17-20H2. The van der Waals surface area contributed by atoms with Gasteiger partial charge in [0.15, 0.2) is 12.4 Å². The van der Waals surface area contributed by atoms with Crippen LogP contribution in [0.2, 0.25) is 0 Å². The van der Waals surface area contributed by atoms with E-state index < -0.39 is 28.4 Å². The zero-order chi connectivity index (χ0) is 26.5. The van der Waals surface area contributed by atoms with Crippen molar-refractivity contribution in [3.8, 4) is 5.75 Å². The van der Waals surface area contributed by atoms with Gasteiger partial charge in [0.2, 0.25) is 15.8 Å². The van der Waals surface area contributed by atoms with Gasteiger partial charge in [0.05, 0.1) is 10.5 Å². The molecule has 2 heterocycles. The maximum Gasteiger partial charge on any atom is 0.375 e. The Hall–Kier alpha value is -3.95. The van der Waals surface area contributed by atoms with E-state index in [4.69, 9.17) is 13.9 Å². The zero-order valence-electron chi connectivity index (χ0n) is 20.7. The molecule has 3 aromatic carbocycles. The van der Waals surface area contributed by atoms with Gasteiger partial charge in [-0.1, -0.05) is 42.8 Å². The molecule has 0 unspecified atom stereocenters. The van der Waals surface area contributed by atoms with E-state index in [1.807, 2.05) is 42.5 Å². The van der Waals surface area contributed by atoms with Crippen LogP contribution in [0.1, 0.15) is 45.7 Å². The molecule has 0 amide bonds. The first-order valence-corrected chi connectivity index (χ1v) is 13.9. The summed E-state index contributed by atoms with van der Waals surface area (Å²) >= 11 is 0. The zero-order valence-corrected chi connectivity index (χ0v) is 21.5. The van der Waals surface area contributed by atoms with E-state index in [1.54, 1.807) is 12.1 Å². The molecule has 4 aromatic rings. The van der Waals surface area contributed by atoms with Gasteiger partial charge in [-0.3, -0.25) is 4.79 Å². The third kappa shape index (κ3) is 5.49. The number of hydrogen-bond donors (Lipinski definition) is 0. The number of rotatable bonds is 9. The molecule has 1 saturated heterocycles. The topological polar surface area (TPSA) is 103 Å². The van der Waals surface area contributed by atoms with Crippen LogP contribution in [0.4, 0.5) is 0 Å². The van der Waals surface area contributed by atoms with Crippen LogP contribution in [0.3, 0.4) is 0 Å². The van der Waals surface area contributed by atoms with Gasteiger partial charge >= 0.3 is 5.97 Å². The summed E-state index contributed by atoms with van der Waals surface area (Å²) in [5.74, 6) is -0.639.